The number of hydrogen-bond donors (Lipinski definition) is 4. The minimum absolute atomic E-state index is 0.0374. The molecule has 0 unspecified atom stereocenters. The summed E-state index contributed by atoms with van der Waals surface area (Å²) < 4.78 is 0. The maximum atomic E-state index is 12.5. The third-order valence-electron chi connectivity index (χ3n) is 3.75. The van der Waals surface area contributed by atoms with E-state index in [1.807, 2.05) is 44.2 Å². The summed E-state index contributed by atoms with van der Waals surface area (Å²) in [4.78, 5) is 31.8. The molecule has 0 saturated heterocycles. The fourth-order valence-electron chi connectivity index (χ4n) is 2.29. The summed E-state index contributed by atoms with van der Waals surface area (Å²) in [5.41, 5.74) is 2.96. The van der Waals surface area contributed by atoms with Gasteiger partial charge in [-0.3, -0.25) is 19.8 Å². The molecule has 2 amide bonds. The van der Waals surface area contributed by atoms with Gasteiger partial charge < -0.3 is 10.6 Å². The van der Waals surface area contributed by atoms with Gasteiger partial charge in [-0.2, -0.15) is 0 Å². The van der Waals surface area contributed by atoms with Crippen molar-refractivity contribution in [3.05, 3.63) is 60.1 Å². The fourth-order valence-corrected chi connectivity index (χ4v) is 2.29. The number of benzene rings is 1. The van der Waals surface area contributed by atoms with Gasteiger partial charge in [0.1, 0.15) is 11.9 Å². The third-order valence-corrected chi connectivity index (χ3v) is 3.75. The molecule has 0 spiro atoms. The Labute approximate surface area is 157 Å². The van der Waals surface area contributed by atoms with E-state index in [2.05, 4.69) is 20.6 Å². The molecule has 1 aromatic heterocycles. The van der Waals surface area contributed by atoms with Crippen molar-refractivity contribution in [3.8, 4) is 0 Å². The van der Waals surface area contributed by atoms with E-state index in [0.717, 1.165) is 11.6 Å². The Morgan fingerprint density at radius 2 is 1.89 bits per heavy atom. The van der Waals surface area contributed by atoms with Crippen LogP contribution in [0.3, 0.4) is 0 Å². The van der Waals surface area contributed by atoms with E-state index in [1.54, 1.807) is 0 Å². The van der Waals surface area contributed by atoms with Gasteiger partial charge in [0.15, 0.2) is 0 Å². The summed E-state index contributed by atoms with van der Waals surface area (Å²) in [5.74, 6) is -0.295. The lowest BCUT2D eigenvalue weighted by molar-refractivity contribution is -0.124. The molecule has 0 radical (unpaired) electrons. The predicted molar refractivity (Wildman–Crippen MR) is 102 cm³/mol. The molecule has 0 saturated carbocycles. The first-order chi connectivity index (χ1) is 13.0. The molecule has 2 aromatic rings. The molecule has 0 aliphatic heterocycles. The van der Waals surface area contributed by atoms with Crippen LogP contribution in [0.15, 0.2) is 48.8 Å². The zero-order valence-corrected chi connectivity index (χ0v) is 15.2. The van der Waals surface area contributed by atoms with E-state index >= 15 is 0 Å². The van der Waals surface area contributed by atoms with E-state index in [0.29, 0.717) is 18.1 Å². The Balaban J connectivity index is 1.97. The van der Waals surface area contributed by atoms with Crippen LogP contribution in [0, 0.1) is 5.92 Å². The highest BCUT2D eigenvalue weighted by Crippen LogP contribution is 2.11. The number of amides is 2. The number of hydroxylamine groups is 1. The molecule has 4 N–H and O–H groups in total. The van der Waals surface area contributed by atoms with Crippen LogP contribution in [0.25, 0.3) is 6.08 Å². The summed E-state index contributed by atoms with van der Waals surface area (Å²) in [7, 11) is 0. The Hall–Kier alpha value is -3.26. The van der Waals surface area contributed by atoms with E-state index in [-0.39, 0.29) is 11.8 Å². The highest BCUT2D eigenvalue weighted by Gasteiger charge is 2.22. The molecule has 0 aliphatic carbocycles. The summed E-state index contributed by atoms with van der Waals surface area (Å²) in [5, 5.41) is 14.5. The second-order valence-electron chi connectivity index (χ2n) is 6.21. The Morgan fingerprint density at radius 1 is 1.15 bits per heavy atom. The maximum absolute atomic E-state index is 12.5. The first-order valence-electron chi connectivity index (χ1n) is 8.52. The zero-order chi connectivity index (χ0) is 19.6. The largest absolute Gasteiger partial charge is 0.357 e. The van der Waals surface area contributed by atoms with Gasteiger partial charge in [0, 0.05) is 12.6 Å². The molecule has 0 fully saturated rings. The molecular formula is C19H23N5O3. The molecule has 0 aliphatic rings. The average Bonchev–Trinajstić information content (AvgIpc) is 2.69. The number of nitrogens with one attached hydrogen (secondary N) is 3. The normalized spacial score (nSPS) is 12.0. The number of hydrogen-bond acceptors (Lipinski definition) is 6. The summed E-state index contributed by atoms with van der Waals surface area (Å²) in [6.07, 6.45) is 5.49. The number of carbonyl (C=O) groups excluding carboxylic acids is 2. The minimum Gasteiger partial charge on any atom is -0.357 e. The van der Waals surface area contributed by atoms with Crippen LogP contribution in [0.4, 0.5) is 5.82 Å². The lowest BCUT2D eigenvalue weighted by Crippen LogP contribution is -2.42. The van der Waals surface area contributed by atoms with Crippen molar-refractivity contribution in [1.29, 1.82) is 0 Å². The van der Waals surface area contributed by atoms with Gasteiger partial charge in [-0.05, 0) is 17.6 Å². The van der Waals surface area contributed by atoms with Gasteiger partial charge in [-0.1, -0.05) is 44.2 Å². The second-order valence-corrected chi connectivity index (χ2v) is 6.21. The van der Waals surface area contributed by atoms with Crippen LogP contribution in [-0.4, -0.2) is 33.0 Å². The standard InChI is InChI=1S/C19H23N5O3/c1-13(2)18(19(26)22-10-14-6-4-3-5-7-14)23-16-12-20-15(11-21-16)8-9-17(25)24-27/h3-9,11-13,18,27H,10H2,1-2H3,(H,21,23)(H,22,26)(H,24,25)/t18-/m1/s1. The highest BCUT2D eigenvalue weighted by molar-refractivity contribution is 5.90. The predicted octanol–water partition coefficient (Wildman–Crippen LogP) is 1.75. The van der Waals surface area contributed by atoms with Crippen LogP contribution < -0.4 is 16.1 Å². The SMILES string of the molecule is CC(C)[C@@H](Nc1cnc(C=CC(=O)NO)cn1)C(=O)NCc1ccccc1. The average molecular weight is 369 g/mol. The van der Waals surface area contributed by atoms with Gasteiger partial charge in [-0.15, -0.1) is 0 Å². The van der Waals surface area contributed by atoms with Gasteiger partial charge >= 0.3 is 0 Å². The monoisotopic (exact) mass is 369 g/mol. The lowest BCUT2D eigenvalue weighted by Gasteiger charge is -2.22. The Morgan fingerprint density at radius 3 is 2.48 bits per heavy atom. The van der Waals surface area contributed by atoms with Crippen molar-refractivity contribution >= 4 is 23.7 Å². The van der Waals surface area contributed by atoms with Crippen molar-refractivity contribution in [2.45, 2.75) is 26.4 Å². The van der Waals surface area contributed by atoms with E-state index < -0.39 is 11.9 Å². The zero-order valence-electron chi connectivity index (χ0n) is 15.2. The number of rotatable bonds is 8. The fraction of sp³-hybridized carbons (Fsp3) is 0.263. The molecule has 1 aromatic carbocycles. The first kappa shape index (κ1) is 20.1. The van der Waals surface area contributed by atoms with Gasteiger partial charge in [0.25, 0.3) is 5.91 Å². The van der Waals surface area contributed by atoms with Crippen molar-refractivity contribution in [1.82, 2.24) is 20.8 Å². The Kier molecular flexibility index (Phi) is 7.45. The molecule has 142 valence electrons. The van der Waals surface area contributed by atoms with E-state index in [9.17, 15) is 9.59 Å². The molecule has 1 atom stereocenters. The van der Waals surface area contributed by atoms with Crippen LogP contribution in [0.2, 0.25) is 0 Å². The van der Waals surface area contributed by atoms with Crippen LogP contribution >= 0.6 is 0 Å². The Bertz CT molecular complexity index is 776. The third kappa shape index (κ3) is 6.52. The molecule has 8 nitrogen and oxygen atoms in total. The second kappa shape index (κ2) is 10.0. The van der Waals surface area contributed by atoms with Crippen molar-refractivity contribution in [3.63, 3.8) is 0 Å². The molecule has 8 heteroatoms. The number of anilines is 1. The first-order valence-corrected chi connectivity index (χ1v) is 8.52. The number of aromatic nitrogens is 2. The highest BCUT2D eigenvalue weighted by atomic mass is 16.5. The van der Waals surface area contributed by atoms with Crippen LogP contribution in [0.5, 0.6) is 0 Å². The van der Waals surface area contributed by atoms with E-state index in [4.69, 9.17) is 5.21 Å². The summed E-state index contributed by atoms with van der Waals surface area (Å²) in [6, 6.07) is 9.21. The van der Waals surface area contributed by atoms with E-state index in [1.165, 1.54) is 23.9 Å². The molecule has 0 bridgehead atoms. The maximum Gasteiger partial charge on any atom is 0.267 e. The van der Waals surface area contributed by atoms with Crippen molar-refractivity contribution in [2.24, 2.45) is 5.92 Å². The number of carbonyl (C=O) groups is 2. The van der Waals surface area contributed by atoms with Gasteiger partial charge in [-0.25, -0.2) is 10.5 Å². The minimum atomic E-state index is -0.658. The van der Waals surface area contributed by atoms with Crippen LogP contribution in [0.1, 0.15) is 25.1 Å². The number of nitrogens with zero attached hydrogens (tertiary/aromatic N) is 2. The topological polar surface area (TPSA) is 116 Å². The van der Waals surface area contributed by atoms with Crippen molar-refractivity contribution in [2.75, 3.05) is 5.32 Å². The molecule has 1 heterocycles. The molecule has 2 rings (SSSR count). The van der Waals surface area contributed by atoms with Gasteiger partial charge in [0.2, 0.25) is 5.91 Å². The summed E-state index contributed by atoms with van der Waals surface area (Å²) >= 11 is 0. The smallest absolute Gasteiger partial charge is 0.267 e. The summed E-state index contributed by atoms with van der Waals surface area (Å²) in [6.45, 7) is 4.34. The van der Waals surface area contributed by atoms with Crippen molar-refractivity contribution < 1.29 is 14.8 Å². The molecule has 27 heavy (non-hydrogen) atoms. The quantitative estimate of drug-likeness (QED) is 0.320. The van der Waals surface area contributed by atoms with Crippen LogP contribution in [-0.2, 0) is 16.1 Å². The lowest BCUT2D eigenvalue weighted by atomic mass is 10.0. The van der Waals surface area contributed by atoms with Gasteiger partial charge in [0.05, 0.1) is 18.1 Å². The molecular weight excluding hydrogens is 346 g/mol.